The molecular weight excluding hydrogens is 372 g/mol. The Morgan fingerprint density at radius 1 is 1.05 bits per heavy atom. The van der Waals surface area contributed by atoms with Crippen molar-refractivity contribution in [1.82, 2.24) is 0 Å². The average molecular weight is 391 g/mol. The summed E-state index contributed by atoms with van der Waals surface area (Å²) in [7, 11) is 0. The van der Waals surface area contributed by atoms with Crippen molar-refractivity contribution in [1.29, 1.82) is 0 Å². The van der Waals surface area contributed by atoms with Crippen LogP contribution in [0, 0.1) is 17.8 Å². The maximum Gasteiger partial charge on any atom is 0.509 e. The largest absolute Gasteiger partial charge is 0.509 e. The van der Waals surface area contributed by atoms with Crippen LogP contribution in [0.25, 0.3) is 0 Å². The van der Waals surface area contributed by atoms with Crippen molar-refractivity contribution in [3.63, 3.8) is 0 Å². The van der Waals surface area contributed by atoms with Crippen LogP contribution < -0.4 is 0 Å². The Bertz CT molecular complexity index is 444. The van der Waals surface area contributed by atoms with Crippen LogP contribution >= 0.6 is 15.9 Å². The van der Waals surface area contributed by atoms with Gasteiger partial charge in [-0.15, -0.1) is 0 Å². The number of halogens is 5. The summed E-state index contributed by atoms with van der Waals surface area (Å²) < 4.78 is 63.8. The van der Waals surface area contributed by atoms with E-state index in [2.05, 4.69) is 0 Å². The monoisotopic (exact) mass is 390 g/mol. The minimum Gasteiger partial charge on any atom is -0.431 e. The van der Waals surface area contributed by atoms with Crippen molar-refractivity contribution in [2.24, 2.45) is 17.8 Å². The highest BCUT2D eigenvalue weighted by molar-refractivity contribution is 9.10. The average Bonchev–Trinajstić information content (AvgIpc) is 2.83. The third kappa shape index (κ3) is 3.51. The number of fused-ring (bicyclic) bond motifs is 2. The Morgan fingerprint density at radius 2 is 1.64 bits per heavy atom. The fourth-order valence-electron chi connectivity index (χ4n) is 3.42. The Kier molecular flexibility index (Phi) is 4.48. The van der Waals surface area contributed by atoms with E-state index in [-0.39, 0.29) is 18.8 Å². The van der Waals surface area contributed by atoms with Crippen LogP contribution in [0.5, 0.6) is 0 Å². The number of carbonyl (C=O) groups is 1. The van der Waals surface area contributed by atoms with E-state index in [4.69, 9.17) is 9.47 Å². The van der Waals surface area contributed by atoms with E-state index in [9.17, 15) is 22.4 Å². The second-order valence-electron chi connectivity index (χ2n) is 7.08. The van der Waals surface area contributed by atoms with E-state index < -0.39 is 40.5 Å². The predicted molar refractivity (Wildman–Crippen MR) is 74.2 cm³/mol. The lowest BCUT2D eigenvalue weighted by Gasteiger charge is -2.35. The highest BCUT2D eigenvalue weighted by atomic mass is 79.9. The van der Waals surface area contributed by atoms with E-state index in [1.807, 2.05) is 0 Å². The molecule has 0 amide bonds. The topological polar surface area (TPSA) is 35.5 Å². The molecule has 4 unspecified atom stereocenters. The fraction of sp³-hybridized carbons (Fsp3) is 0.929. The summed E-state index contributed by atoms with van der Waals surface area (Å²) in [4.78, 5) is 7.38. The summed E-state index contributed by atoms with van der Waals surface area (Å²) in [5, 5.41) is 0. The zero-order valence-electron chi connectivity index (χ0n) is 12.5. The molecule has 0 N–H and O–H groups in total. The quantitative estimate of drug-likeness (QED) is 0.387. The van der Waals surface area contributed by atoms with E-state index in [0.29, 0.717) is 6.42 Å². The summed E-state index contributed by atoms with van der Waals surface area (Å²) in [5.74, 6) is -6.40. The van der Waals surface area contributed by atoms with E-state index in [1.54, 1.807) is 36.7 Å². The van der Waals surface area contributed by atoms with Gasteiger partial charge in [-0.2, -0.15) is 17.6 Å². The lowest BCUT2D eigenvalue weighted by atomic mass is 9.83. The van der Waals surface area contributed by atoms with Crippen molar-refractivity contribution in [2.75, 3.05) is 0 Å². The lowest BCUT2D eigenvalue weighted by molar-refractivity contribution is -0.195. The molecule has 2 bridgehead atoms. The molecule has 0 heterocycles. The van der Waals surface area contributed by atoms with Gasteiger partial charge in [-0.25, -0.2) is 4.79 Å². The molecule has 0 spiro atoms. The molecule has 0 aromatic heterocycles. The summed E-state index contributed by atoms with van der Waals surface area (Å²) in [6.45, 7) is 5.05. The van der Waals surface area contributed by atoms with Gasteiger partial charge in [0.25, 0.3) is 0 Å². The van der Waals surface area contributed by atoms with Crippen LogP contribution in [0.2, 0.25) is 0 Å². The second-order valence-corrected chi connectivity index (χ2v) is 8.07. The van der Waals surface area contributed by atoms with Gasteiger partial charge in [-0.05, 0) is 67.8 Å². The lowest BCUT2D eigenvalue weighted by Crippen LogP contribution is -2.46. The molecule has 0 aromatic rings. The number of carbonyl (C=O) groups excluding carboxylic acids is 1. The predicted octanol–water partition coefficient (Wildman–Crippen LogP) is 4.98. The number of ether oxygens (including phenoxy) is 2. The Morgan fingerprint density at radius 3 is 2.05 bits per heavy atom. The first-order chi connectivity index (χ1) is 9.81. The van der Waals surface area contributed by atoms with Gasteiger partial charge in [0, 0.05) is 5.92 Å². The summed E-state index contributed by atoms with van der Waals surface area (Å²) in [5.41, 5.74) is -0.706. The maximum absolute atomic E-state index is 13.8. The first kappa shape index (κ1) is 17.8. The second kappa shape index (κ2) is 5.53. The molecule has 3 nitrogen and oxygen atoms in total. The van der Waals surface area contributed by atoms with Crippen LogP contribution in [0.1, 0.15) is 40.0 Å². The molecule has 0 aliphatic heterocycles. The Hall–Kier alpha value is -0.530. The maximum atomic E-state index is 13.8. The van der Waals surface area contributed by atoms with Gasteiger partial charge in [0.15, 0.2) is 0 Å². The molecule has 2 aliphatic carbocycles. The summed E-state index contributed by atoms with van der Waals surface area (Å²) in [6, 6.07) is 0. The van der Waals surface area contributed by atoms with Gasteiger partial charge in [-0.1, -0.05) is 0 Å². The van der Waals surface area contributed by atoms with Crippen molar-refractivity contribution in [3.8, 4) is 0 Å². The zero-order valence-corrected chi connectivity index (χ0v) is 14.1. The molecule has 0 saturated heterocycles. The third-order valence-corrected chi connectivity index (χ3v) is 4.80. The smallest absolute Gasteiger partial charge is 0.431 e. The van der Waals surface area contributed by atoms with E-state index in [1.165, 1.54) is 0 Å². The van der Waals surface area contributed by atoms with Gasteiger partial charge >= 0.3 is 16.9 Å². The molecule has 2 fully saturated rings. The summed E-state index contributed by atoms with van der Waals surface area (Å²) in [6.07, 6.45) is -0.911. The fourth-order valence-corrected chi connectivity index (χ4v) is 3.71. The van der Waals surface area contributed by atoms with Gasteiger partial charge in [-0.3, -0.25) is 0 Å². The first-order valence-corrected chi connectivity index (χ1v) is 7.94. The Balaban J connectivity index is 1.94. The molecular formula is C14H19BrF4O3. The van der Waals surface area contributed by atoms with Gasteiger partial charge in [0.2, 0.25) is 0 Å². The van der Waals surface area contributed by atoms with E-state index in [0.717, 1.165) is 0 Å². The molecule has 2 saturated carbocycles. The van der Waals surface area contributed by atoms with Gasteiger partial charge in [0.1, 0.15) is 11.7 Å². The third-order valence-electron chi connectivity index (χ3n) is 4.27. The first-order valence-electron chi connectivity index (χ1n) is 7.15. The summed E-state index contributed by atoms with van der Waals surface area (Å²) >= 11 is 1.78. The molecule has 2 rings (SSSR count). The van der Waals surface area contributed by atoms with Crippen molar-refractivity contribution in [3.05, 3.63) is 0 Å². The number of hydrogen-bond donors (Lipinski definition) is 0. The number of alkyl halides is 5. The molecule has 8 heteroatoms. The van der Waals surface area contributed by atoms with Crippen molar-refractivity contribution >= 4 is 22.1 Å². The van der Waals surface area contributed by atoms with Gasteiger partial charge < -0.3 is 9.47 Å². The molecule has 128 valence electrons. The van der Waals surface area contributed by atoms with Crippen LogP contribution in [0.4, 0.5) is 22.4 Å². The normalized spacial score (nSPS) is 32.2. The highest BCUT2D eigenvalue weighted by Gasteiger charge is 2.65. The zero-order chi connectivity index (χ0) is 16.9. The Labute approximate surface area is 134 Å². The SMILES string of the molecule is CC(C)(C)OC(=O)OC1CC2CC1CC2C(F)(F)C(F)(F)Br. The van der Waals surface area contributed by atoms with Crippen molar-refractivity contribution in [2.45, 2.75) is 62.5 Å². The van der Waals surface area contributed by atoms with Crippen LogP contribution in [-0.2, 0) is 9.47 Å². The minimum absolute atomic E-state index is 0.0771. The highest BCUT2D eigenvalue weighted by Crippen LogP contribution is 2.59. The number of hydrogen-bond acceptors (Lipinski definition) is 3. The number of rotatable bonds is 3. The minimum atomic E-state index is -4.23. The van der Waals surface area contributed by atoms with Crippen LogP contribution in [-0.4, -0.2) is 28.6 Å². The van der Waals surface area contributed by atoms with Crippen LogP contribution in [0.15, 0.2) is 0 Å². The standard InChI is InChI=1S/C14H19BrF4O3/c1-12(2,3)22-11(20)21-10-6-7-4-8(10)5-9(7)13(16,17)14(15,18)19/h7-10H,4-6H2,1-3H3. The molecule has 4 atom stereocenters. The van der Waals surface area contributed by atoms with Crippen molar-refractivity contribution < 1.29 is 31.8 Å². The molecule has 0 aromatic carbocycles. The molecule has 0 radical (unpaired) electrons. The molecule has 22 heavy (non-hydrogen) atoms. The van der Waals surface area contributed by atoms with Crippen LogP contribution in [0.3, 0.4) is 0 Å². The van der Waals surface area contributed by atoms with E-state index >= 15 is 0 Å². The molecule has 2 aliphatic rings. The van der Waals surface area contributed by atoms with Gasteiger partial charge in [0.05, 0.1) is 0 Å².